The topological polar surface area (TPSA) is 96.2 Å². The molecule has 27 heavy (non-hydrogen) atoms. The maximum Gasteiger partial charge on any atom is 0.321 e. The van der Waals surface area contributed by atoms with Gasteiger partial charge in [0.15, 0.2) is 0 Å². The summed E-state index contributed by atoms with van der Waals surface area (Å²) in [7, 11) is 1.57. The van der Waals surface area contributed by atoms with Crippen molar-refractivity contribution >= 4 is 18.1 Å². The molecule has 0 atom stereocenters. The number of esters is 1. The number of benzene rings is 2. The van der Waals surface area contributed by atoms with Crippen LogP contribution >= 0.6 is 0 Å². The molecule has 2 aromatic carbocycles. The number of methoxy groups -OCH3 is 1. The Labute approximate surface area is 158 Å². The molecular weight excluding hydrogens is 348 g/mol. The molecule has 0 radical (unpaired) electrons. The Morgan fingerprint density at radius 1 is 0.963 bits per heavy atom. The zero-order valence-corrected chi connectivity index (χ0v) is 15.4. The summed E-state index contributed by atoms with van der Waals surface area (Å²) in [4.78, 5) is 12.0. The van der Waals surface area contributed by atoms with E-state index in [0.717, 1.165) is 16.7 Å². The van der Waals surface area contributed by atoms with Crippen molar-refractivity contribution in [2.45, 2.75) is 13.5 Å². The van der Waals surface area contributed by atoms with Crippen molar-refractivity contribution < 1.29 is 29.6 Å². The number of hydrogen-bond donors (Lipinski definition) is 3. The fraction of sp³-hybridized carbons (Fsp3) is 0.286. The van der Waals surface area contributed by atoms with Crippen LogP contribution in [0.4, 0.5) is 0 Å². The van der Waals surface area contributed by atoms with E-state index in [1.807, 2.05) is 24.3 Å². The minimum Gasteiger partial charge on any atom is -0.497 e. The van der Waals surface area contributed by atoms with E-state index in [4.69, 9.17) is 9.47 Å². The predicted molar refractivity (Wildman–Crippen MR) is 102 cm³/mol. The number of ether oxygens (including phenoxy) is 2. The first-order valence-electron chi connectivity index (χ1n) is 8.45. The van der Waals surface area contributed by atoms with Crippen LogP contribution in [-0.2, 0) is 11.4 Å². The molecule has 0 spiro atoms. The van der Waals surface area contributed by atoms with Gasteiger partial charge in [0, 0.05) is 0 Å². The van der Waals surface area contributed by atoms with Gasteiger partial charge in [0.05, 0.1) is 26.9 Å². The van der Waals surface area contributed by atoms with Gasteiger partial charge in [-0.15, -0.1) is 0 Å². The molecule has 0 unspecified atom stereocenters. The third kappa shape index (κ3) is 5.40. The second-order valence-corrected chi connectivity index (χ2v) is 6.44. The molecule has 0 bridgehead atoms. The van der Waals surface area contributed by atoms with Crippen LogP contribution in [0, 0.1) is 5.41 Å². The third-order valence-electron chi connectivity index (χ3n) is 4.16. The zero-order valence-electron chi connectivity index (χ0n) is 15.4. The smallest absolute Gasteiger partial charge is 0.321 e. The van der Waals surface area contributed by atoms with Crippen molar-refractivity contribution in [2.24, 2.45) is 5.41 Å². The molecule has 0 aliphatic heterocycles. The minimum atomic E-state index is -1.34. The highest BCUT2D eigenvalue weighted by Crippen LogP contribution is 2.22. The Kier molecular flexibility index (Phi) is 7.12. The van der Waals surface area contributed by atoms with Crippen molar-refractivity contribution in [1.82, 2.24) is 0 Å². The molecule has 0 heterocycles. The molecular formula is C21H24O6. The Morgan fingerprint density at radius 3 is 2.15 bits per heavy atom. The van der Waals surface area contributed by atoms with Crippen LogP contribution in [-0.4, -0.2) is 41.6 Å². The van der Waals surface area contributed by atoms with Gasteiger partial charge >= 0.3 is 5.97 Å². The highest BCUT2D eigenvalue weighted by molar-refractivity contribution is 5.79. The Bertz CT molecular complexity index is 769. The fourth-order valence-corrected chi connectivity index (χ4v) is 2.24. The summed E-state index contributed by atoms with van der Waals surface area (Å²) in [6, 6.07) is 12.3. The lowest BCUT2D eigenvalue weighted by Crippen LogP contribution is -2.38. The number of carbonyl (C=O) groups excluding carboxylic acids is 1. The van der Waals surface area contributed by atoms with Gasteiger partial charge in [0.25, 0.3) is 0 Å². The molecule has 0 fully saturated rings. The zero-order chi connectivity index (χ0) is 19.9. The Morgan fingerprint density at radius 2 is 1.59 bits per heavy atom. The molecule has 3 N–H and O–H groups in total. The molecule has 6 nitrogen and oxygen atoms in total. The van der Waals surface area contributed by atoms with E-state index in [9.17, 15) is 20.1 Å². The van der Waals surface area contributed by atoms with Crippen molar-refractivity contribution in [1.29, 1.82) is 0 Å². The number of carbonyl (C=O) groups is 1. The SMILES string of the molecule is COc1cc(/C=C/c2ccc(OC(=O)C(C)(CO)CO)cc2)cc(CO)c1. The first-order valence-corrected chi connectivity index (χ1v) is 8.45. The standard InChI is InChI=1S/C21H24O6/c1-21(13-23,14-24)20(25)27-18-7-5-15(6-8-18)3-4-16-9-17(12-22)11-19(10-16)26-2/h3-11,22-24H,12-14H2,1-2H3/b4-3+. The van der Waals surface area contributed by atoms with Gasteiger partial charge in [-0.25, -0.2) is 0 Å². The minimum absolute atomic E-state index is 0.0707. The lowest BCUT2D eigenvalue weighted by molar-refractivity contribution is -0.149. The monoisotopic (exact) mass is 372 g/mol. The largest absolute Gasteiger partial charge is 0.497 e. The lowest BCUT2D eigenvalue weighted by atomic mass is 9.93. The van der Waals surface area contributed by atoms with Crippen LogP contribution in [0.3, 0.4) is 0 Å². The highest BCUT2D eigenvalue weighted by atomic mass is 16.5. The molecule has 6 heteroatoms. The van der Waals surface area contributed by atoms with Gasteiger partial charge in [-0.1, -0.05) is 24.3 Å². The molecule has 0 amide bonds. The average molecular weight is 372 g/mol. The van der Waals surface area contributed by atoms with E-state index < -0.39 is 24.6 Å². The maximum atomic E-state index is 12.0. The van der Waals surface area contributed by atoms with Gasteiger partial charge in [0.1, 0.15) is 16.9 Å². The van der Waals surface area contributed by atoms with E-state index >= 15 is 0 Å². The summed E-state index contributed by atoms with van der Waals surface area (Å²) < 4.78 is 10.4. The van der Waals surface area contributed by atoms with Crippen LogP contribution in [0.1, 0.15) is 23.6 Å². The van der Waals surface area contributed by atoms with Crippen LogP contribution in [0.2, 0.25) is 0 Å². The first kappa shape index (κ1) is 20.6. The maximum absolute atomic E-state index is 12.0. The number of aliphatic hydroxyl groups is 3. The van der Waals surface area contributed by atoms with E-state index in [0.29, 0.717) is 11.5 Å². The summed E-state index contributed by atoms with van der Waals surface area (Å²) in [6.07, 6.45) is 3.77. The van der Waals surface area contributed by atoms with Gasteiger partial charge in [0.2, 0.25) is 0 Å². The van der Waals surface area contributed by atoms with Crippen LogP contribution < -0.4 is 9.47 Å². The molecule has 0 aliphatic carbocycles. The van der Waals surface area contributed by atoms with E-state index in [1.54, 1.807) is 37.4 Å². The van der Waals surface area contributed by atoms with Gasteiger partial charge < -0.3 is 24.8 Å². The summed E-state index contributed by atoms with van der Waals surface area (Å²) in [5.41, 5.74) is 1.19. The number of rotatable bonds is 8. The predicted octanol–water partition coefficient (Wildman–Crippen LogP) is 2.25. The first-order chi connectivity index (χ1) is 12.9. The Balaban J connectivity index is 2.10. The summed E-state index contributed by atoms with van der Waals surface area (Å²) >= 11 is 0. The molecule has 2 rings (SSSR count). The molecule has 0 saturated heterocycles. The van der Waals surface area contributed by atoms with Crippen molar-refractivity contribution in [3.63, 3.8) is 0 Å². The van der Waals surface area contributed by atoms with Gasteiger partial charge in [-0.3, -0.25) is 4.79 Å². The van der Waals surface area contributed by atoms with E-state index in [1.165, 1.54) is 6.92 Å². The average Bonchev–Trinajstić information content (AvgIpc) is 2.72. The van der Waals surface area contributed by atoms with Gasteiger partial charge in [-0.05, 0) is 53.9 Å². The molecule has 144 valence electrons. The molecule has 0 aromatic heterocycles. The van der Waals surface area contributed by atoms with Crippen molar-refractivity contribution in [2.75, 3.05) is 20.3 Å². The van der Waals surface area contributed by atoms with Crippen molar-refractivity contribution in [3.8, 4) is 11.5 Å². The normalized spacial score (nSPS) is 11.6. The fourth-order valence-electron chi connectivity index (χ4n) is 2.24. The van der Waals surface area contributed by atoms with Crippen LogP contribution in [0.15, 0.2) is 42.5 Å². The third-order valence-corrected chi connectivity index (χ3v) is 4.16. The molecule has 2 aromatic rings. The molecule has 0 aliphatic rings. The summed E-state index contributed by atoms with van der Waals surface area (Å²) in [5.74, 6) is 0.303. The molecule has 0 saturated carbocycles. The van der Waals surface area contributed by atoms with E-state index in [2.05, 4.69) is 0 Å². The second kappa shape index (κ2) is 9.32. The van der Waals surface area contributed by atoms with Crippen molar-refractivity contribution in [3.05, 3.63) is 59.2 Å². The van der Waals surface area contributed by atoms with Crippen LogP contribution in [0.5, 0.6) is 11.5 Å². The highest BCUT2D eigenvalue weighted by Gasteiger charge is 2.34. The summed E-state index contributed by atoms with van der Waals surface area (Å²) in [6.45, 7) is 0.360. The van der Waals surface area contributed by atoms with Gasteiger partial charge in [-0.2, -0.15) is 0 Å². The summed E-state index contributed by atoms with van der Waals surface area (Å²) in [5, 5.41) is 27.8. The lowest BCUT2D eigenvalue weighted by Gasteiger charge is -2.21. The van der Waals surface area contributed by atoms with Crippen LogP contribution in [0.25, 0.3) is 12.2 Å². The van der Waals surface area contributed by atoms with E-state index in [-0.39, 0.29) is 6.61 Å². The second-order valence-electron chi connectivity index (χ2n) is 6.44. The quantitative estimate of drug-likeness (QED) is 0.374. The Hall–Kier alpha value is -2.67. The number of aliphatic hydroxyl groups excluding tert-OH is 3. The number of hydrogen-bond acceptors (Lipinski definition) is 6.